The van der Waals surface area contributed by atoms with E-state index in [2.05, 4.69) is 32.2 Å². The lowest BCUT2D eigenvalue weighted by atomic mass is 10.1. The fraction of sp³-hybridized carbons (Fsp3) is 0.290. The van der Waals surface area contributed by atoms with Gasteiger partial charge in [0, 0.05) is 67.6 Å². The molecule has 0 unspecified atom stereocenters. The second kappa shape index (κ2) is 14.2. The van der Waals surface area contributed by atoms with Crippen LogP contribution in [0.25, 0.3) is 21.8 Å². The molecule has 0 radical (unpaired) electrons. The molecule has 43 heavy (non-hydrogen) atoms. The van der Waals surface area contributed by atoms with Crippen molar-refractivity contribution >= 4 is 78.6 Å². The Morgan fingerprint density at radius 3 is 2.12 bits per heavy atom. The largest absolute Gasteiger partial charge is 0.350 e. The number of aryl methyl sites for hydroxylation is 3. The summed E-state index contributed by atoms with van der Waals surface area (Å²) in [7, 11) is 3.94. The Morgan fingerprint density at radius 1 is 0.837 bits per heavy atom. The molecule has 0 bridgehead atoms. The fourth-order valence-electron chi connectivity index (χ4n) is 5.01. The Bertz CT molecular complexity index is 1800. The van der Waals surface area contributed by atoms with Crippen LogP contribution in [0, 0.1) is 10.8 Å². The highest BCUT2D eigenvalue weighted by atomic mass is 32.2. The molecule has 0 spiro atoms. The molecule has 0 fully saturated rings. The van der Waals surface area contributed by atoms with Crippen molar-refractivity contribution in [3.63, 3.8) is 0 Å². The Morgan fingerprint density at radius 2 is 1.44 bits per heavy atom. The fourth-order valence-corrected chi connectivity index (χ4v) is 7.64. The molecule has 0 aliphatic carbocycles. The maximum absolute atomic E-state index is 12.7. The van der Waals surface area contributed by atoms with Crippen LogP contribution in [0.15, 0.2) is 60.9 Å². The third-order valence-electron chi connectivity index (χ3n) is 6.97. The van der Waals surface area contributed by atoms with E-state index < -0.39 is 0 Å². The van der Waals surface area contributed by atoms with Gasteiger partial charge in [0.05, 0.1) is 17.9 Å². The highest BCUT2D eigenvalue weighted by Gasteiger charge is 2.15. The summed E-state index contributed by atoms with van der Waals surface area (Å²) in [6, 6.07) is 16.0. The molecular weight excluding hydrogens is 599 g/mol. The van der Waals surface area contributed by atoms with Crippen LogP contribution in [0.5, 0.6) is 0 Å². The molecule has 5 rings (SSSR count). The van der Waals surface area contributed by atoms with E-state index in [4.69, 9.17) is 10.8 Å². The zero-order valence-corrected chi connectivity index (χ0v) is 26.5. The standard InChI is InChI=1S/C31H33N7O2S3/c1-37-18-20(23-7-3-5-9-25(23)37)15-22(39)17-30-36-35-29(43-30)12-14-41-13-11-27(32)42-31(33)34-28(40)16-21-19-38(2)26-10-6-4-8-24(21)26/h3-10,18-19,32H,11-17H2,1-2H3,(H2,33,34,40). The minimum atomic E-state index is -0.261. The number of fused-ring (bicyclic) bond motifs is 2. The SMILES string of the molecule is Cn1cc(CC(=O)Cc2nnc(CCSCCC(=N)SC(=N)NC(=O)Cc3cn(C)c4ccccc34)s2)c2ccccc21. The normalized spacial score (nSPS) is 11.3. The van der Waals surface area contributed by atoms with Crippen molar-refractivity contribution in [2.24, 2.45) is 14.1 Å². The Labute approximate surface area is 262 Å². The second-order valence-electron chi connectivity index (χ2n) is 10.2. The van der Waals surface area contributed by atoms with Crippen LogP contribution >= 0.6 is 34.9 Å². The summed E-state index contributed by atoms with van der Waals surface area (Å²) in [5.74, 6) is 1.43. The molecule has 9 nitrogen and oxygen atoms in total. The zero-order chi connectivity index (χ0) is 30.3. The van der Waals surface area contributed by atoms with Gasteiger partial charge in [-0.2, -0.15) is 11.8 Å². The van der Waals surface area contributed by atoms with Gasteiger partial charge in [0.2, 0.25) is 5.91 Å². The van der Waals surface area contributed by atoms with Crippen LogP contribution in [-0.4, -0.2) is 52.7 Å². The summed E-state index contributed by atoms with van der Waals surface area (Å²) >= 11 is 4.17. The van der Waals surface area contributed by atoms with Crippen molar-refractivity contribution in [1.82, 2.24) is 24.6 Å². The molecule has 0 aliphatic heterocycles. The number of amidine groups is 1. The van der Waals surface area contributed by atoms with E-state index in [1.54, 1.807) is 11.8 Å². The lowest BCUT2D eigenvalue weighted by Gasteiger charge is -2.07. The zero-order valence-electron chi connectivity index (χ0n) is 24.1. The molecule has 0 saturated carbocycles. The Balaban J connectivity index is 0.973. The monoisotopic (exact) mass is 631 g/mol. The number of thioether (sulfide) groups is 2. The van der Waals surface area contributed by atoms with Crippen molar-refractivity contribution in [2.45, 2.75) is 32.1 Å². The molecule has 0 atom stereocenters. The van der Waals surface area contributed by atoms with Crippen LogP contribution in [0.4, 0.5) is 0 Å². The smallest absolute Gasteiger partial charge is 0.230 e. The number of carbonyl (C=O) groups excluding carboxylic acids is 2. The molecular formula is C31H33N7O2S3. The molecule has 3 heterocycles. The van der Waals surface area contributed by atoms with Crippen LogP contribution in [0.3, 0.4) is 0 Å². The molecule has 1 amide bonds. The second-order valence-corrected chi connectivity index (χ2v) is 13.7. The van der Waals surface area contributed by atoms with Crippen molar-refractivity contribution in [3.05, 3.63) is 82.1 Å². The molecule has 0 aliphatic rings. The first-order valence-electron chi connectivity index (χ1n) is 13.9. The maximum atomic E-state index is 12.7. The third-order valence-corrected chi connectivity index (χ3v) is 9.69. The van der Waals surface area contributed by atoms with Gasteiger partial charge in [0.15, 0.2) is 5.17 Å². The van der Waals surface area contributed by atoms with Gasteiger partial charge in [0.25, 0.3) is 0 Å². The van der Waals surface area contributed by atoms with E-state index in [0.717, 1.165) is 72.6 Å². The number of nitrogens with one attached hydrogen (secondary N) is 3. The highest BCUT2D eigenvalue weighted by molar-refractivity contribution is 8.26. The Kier molecular flexibility index (Phi) is 10.1. The average Bonchev–Trinajstić information content (AvgIpc) is 3.64. The molecule has 3 aromatic heterocycles. The number of amides is 1. The third kappa shape index (κ3) is 8.01. The van der Waals surface area contributed by atoms with Crippen LogP contribution in [0.2, 0.25) is 0 Å². The highest BCUT2D eigenvalue weighted by Crippen LogP contribution is 2.23. The number of para-hydroxylation sites is 2. The number of rotatable bonds is 12. The van der Waals surface area contributed by atoms with Crippen LogP contribution < -0.4 is 5.32 Å². The van der Waals surface area contributed by atoms with E-state index >= 15 is 0 Å². The van der Waals surface area contributed by atoms with E-state index in [-0.39, 0.29) is 29.7 Å². The number of Topliss-reactive ketones (excluding diaryl/α,β-unsaturated/α-hetero) is 1. The van der Waals surface area contributed by atoms with E-state index in [1.165, 1.54) is 11.3 Å². The van der Waals surface area contributed by atoms with Gasteiger partial charge in [-0.1, -0.05) is 36.4 Å². The molecule has 0 saturated heterocycles. The van der Waals surface area contributed by atoms with Gasteiger partial charge >= 0.3 is 0 Å². The van der Waals surface area contributed by atoms with Gasteiger partial charge in [-0.05, 0) is 46.5 Å². The number of carbonyl (C=O) groups is 2. The summed E-state index contributed by atoms with van der Waals surface area (Å²) in [4.78, 5) is 25.2. The number of hydrogen-bond donors (Lipinski definition) is 3. The quantitative estimate of drug-likeness (QED) is 0.0942. The minimum Gasteiger partial charge on any atom is -0.350 e. The van der Waals surface area contributed by atoms with Gasteiger partial charge in [-0.25, -0.2) is 0 Å². The maximum Gasteiger partial charge on any atom is 0.230 e. The molecule has 5 aromatic rings. The predicted molar refractivity (Wildman–Crippen MR) is 179 cm³/mol. The molecule has 2 aromatic carbocycles. The van der Waals surface area contributed by atoms with Gasteiger partial charge in [0.1, 0.15) is 15.8 Å². The van der Waals surface area contributed by atoms with Crippen molar-refractivity contribution in [1.29, 1.82) is 10.8 Å². The first kappa shape index (κ1) is 30.7. The number of nitrogens with zero attached hydrogens (tertiary/aromatic N) is 4. The average molecular weight is 632 g/mol. The predicted octanol–water partition coefficient (Wildman–Crippen LogP) is 5.55. The summed E-state index contributed by atoms with van der Waals surface area (Å²) < 4.78 is 4.04. The molecule has 3 N–H and O–H groups in total. The van der Waals surface area contributed by atoms with Crippen molar-refractivity contribution in [3.8, 4) is 0 Å². The molecule has 222 valence electrons. The Hall–Kier alpha value is -3.74. The van der Waals surface area contributed by atoms with Crippen molar-refractivity contribution < 1.29 is 9.59 Å². The molecule has 12 heteroatoms. The van der Waals surface area contributed by atoms with Gasteiger partial charge < -0.3 is 14.5 Å². The number of ketones is 1. The van der Waals surface area contributed by atoms with Gasteiger partial charge in [-0.3, -0.25) is 20.4 Å². The van der Waals surface area contributed by atoms with Crippen molar-refractivity contribution in [2.75, 3.05) is 11.5 Å². The summed E-state index contributed by atoms with van der Waals surface area (Å²) in [5, 5.41) is 31.5. The van der Waals surface area contributed by atoms with E-state index in [1.807, 2.05) is 67.5 Å². The number of hydrogen-bond acceptors (Lipinski definition) is 9. The van der Waals surface area contributed by atoms with E-state index in [9.17, 15) is 9.59 Å². The van der Waals surface area contributed by atoms with Crippen LogP contribution in [-0.2, 0) is 49.4 Å². The first-order valence-corrected chi connectivity index (χ1v) is 16.7. The summed E-state index contributed by atoms with van der Waals surface area (Å²) in [5.41, 5.74) is 4.12. The topological polar surface area (TPSA) is 130 Å². The van der Waals surface area contributed by atoms with Crippen LogP contribution in [0.1, 0.15) is 27.6 Å². The number of benzene rings is 2. The lowest BCUT2D eigenvalue weighted by molar-refractivity contribution is -0.119. The summed E-state index contributed by atoms with van der Waals surface area (Å²) in [6.07, 6.45) is 6.07. The first-order chi connectivity index (χ1) is 20.8. The summed E-state index contributed by atoms with van der Waals surface area (Å²) in [6.45, 7) is 0. The van der Waals surface area contributed by atoms with E-state index in [0.29, 0.717) is 17.9 Å². The lowest BCUT2D eigenvalue weighted by Crippen LogP contribution is -2.29. The van der Waals surface area contributed by atoms with Gasteiger partial charge in [-0.15, -0.1) is 21.5 Å². The minimum absolute atomic E-state index is 0.0309. The number of aromatic nitrogens is 4.